The molecule has 0 fully saturated rings. The molecule has 0 saturated carbocycles. The molecule has 0 aliphatic heterocycles. The Bertz CT molecular complexity index is 610. The van der Waals surface area contributed by atoms with Gasteiger partial charge in [0.25, 0.3) is 0 Å². The molecule has 2 aromatic carbocycles. The zero-order chi connectivity index (χ0) is 15.4. The van der Waals surface area contributed by atoms with Crippen LogP contribution in [-0.4, -0.2) is 6.54 Å². The lowest BCUT2D eigenvalue weighted by atomic mass is 10.0. The van der Waals surface area contributed by atoms with Gasteiger partial charge < -0.3 is 10.5 Å². The van der Waals surface area contributed by atoms with Crippen molar-refractivity contribution in [2.24, 2.45) is 5.73 Å². The van der Waals surface area contributed by atoms with Gasteiger partial charge in [0.2, 0.25) is 0 Å². The number of halogens is 1. The van der Waals surface area contributed by atoms with Crippen molar-refractivity contribution in [2.75, 3.05) is 6.54 Å². The quantitative estimate of drug-likeness (QED) is 0.829. The van der Waals surface area contributed by atoms with Gasteiger partial charge >= 0.3 is 0 Å². The summed E-state index contributed by atoms with van der Waals surface area (Å²) in [5.41, 5.74) is 9.45. The standard InChI is InChI=1S/C18H22BrNO/c1-12(2)16-10-15(19)7-8-17(16)21-18(11-20)14-6-4-5-13(3)9-14/h4-10,12,18H,11,20H2,1-3H3. The van der Waals surface area contributed by atoms with Gasteiger partial charge in [-0.3, -0.25) is 0 Å². The minimum Gasteiger partial charge on any atom is -0.484 e. The van der Waals surface area contributed by atoms with Gasteiger partial charge in [-0.2, -0.15) is 0 Å². The monoisotopic (exact) mass is 347 g/mol. The summed E-state index contributed by atoms with van der Waals surface area (Å²) in [6, 6.07) is 14.5. The molecule has 0 bridgehead atoms. The van der Waals surface area contributed by atoms with Crippen LogP contribution in [0, 0.1) is 6.92 Å². The number of nitrogens with two attached hydrogens (primary N) is 1. The predicted octanol–water partition coefficient (Wildman–Crippen LogP) is 4.96. The van der Waals surface area contributed by atoms with Crippen molar-refractivity contribution in [3.63, 3.8) is 0 Å². The smallest absolute Gasteiger partial charge is 0.136 e. The highest BCUT2D eigenvalue weighted by Crippen LogP contribution is 2.32. The minimum absolute atomic E-state index is 0.122. The third kappa shape index (κ3) is 4.08. The van der Waals surface area contributed by atoms with Crippen molar-refractivity contribution < 1.29 is 4.74 Å². The molecule has 0 aromatic heterocycles. The van der Waals surface area contributed by atoms with E-state index < -0.39 is 0 Å². The first-order valence-corrected chi connectivity index (χ1v) is 8.03. The van der Waals surface area contributed by atoms with E-state index in [4.69, 9.17) is 10.5 Å². The number of hydrogen-bond acceptors (Lipinski definition) is 2. The van der Waals surface area contributed by atoms with E-state index in [1.54, 1.807) is 0 Å². The maximum atomic E-state index is 6.21. The summed E-state index contributed by atoms with van der Waals surface area (Å²) >= 11 is 3.52. The van der Waals surface area contributed by atoms with E-state index in [-0.39, 0.29) is 6.10 Å². The average Bonchev–Trinajstić information content (AvgIpc) is 2.45. The van der Waals surface area contributed by atoms with E-state index in [9.17, 15) is 0 Å². The first-order valence-electron chi connectivity index (χ1n) is 7.24. The highest BCUT2D eigenvalue weighted by molar-refractivity contribution is 9.10. The van der Waals surface area contributed by atoms with Crippen LogP contribution >= 0.6 is 15.9 Å². The van der Waals surface area contributed by atoms with Crippen LogP contribution in [0.25, 0.3) is 0 Å². The molecule has 3 heteroatoms. The van der Waals surface area contributed by atoms with Crippen LogP contribution in [0.1, 0.15) is 42.6 Å². The summed E-state index contributed by atoms with van der Waals surface area (Å²) in [5.74, 6) is 1.30. The SMILES string of the molecule is Cc1cccc(C(CN)Oc2ccc(Br)cc2C(C)C)c1. The fourth-order valence-corrected chi connectivity index (χ4v) is 2.73. The van der Waals surface area contributed by atoms with Gasteiger partial charge in [-0.25, -0.2) is 0 Å². The minimum atomic E-state index is -0.122. The van der Waals surface area contributed by atoms with Gasteiger partial charge in [0, 0.05) is 11.0 Å². The third-order valence-electron chi connectivity index (χ3n) is 3.49. The molecular formula is C18H22BrNO. The molecule has 0 saturated heterocycles. The predicted molar refractivity (Wildman–Crippen MR) is 91.8 cm³/mol. The summed E-state index contributed by atoms with van der Waals surface area (Å²) in [7, 11) is 0. The van der Waals surface area contributed by atoms with E-state index in [0.29, 0.717) is 12.5 Å². The van der Waals surface area contributed by atoms with Crippen LogP contribution < -0.4 is 10.5 Å². The average molecular weight is 348 g/mol. The highest BCUT2D eigenvalue weighted by Gasteiger charge is 2.15. The number of benzene rings is 2. The Hall–Kier alpha value is -1.32. The molecule has 1 atom stereocenters. The molecule has 112 valence electrons. The van der Waals surface area contributed by atoms with Crippen LogP contribution in [0.15, 0.2) is 46.9 Å². The van der Waals surface area contributed by atoms with Gasteiger partial charge in [0.1, 0.15) is 11.9 Å². The topological polar surface area (TPSA) is 35.2 Å². The van der Waals surface area contributed by atoms with Crippen molar-refractivity contribution in [3.8, 4) is 5.75 Å². The first kappa shape index (κ1) is 16.1. The van der Waals surface area contributed by atoms with Crippen LogP contribution in [0.3, 0.4) is 0 Å². The molecule has 0 aliphatic carbocycles. The van der Waals surface area contributed by atoms with E-state index >= 15 is 0 Å². The van der Waals surface area contributed by atoms with E-state index in [1.807, 2.05) is 18.2 Å². The summed E-state index contributed by atoms with van der Waals surface area (Å²) < 4.78 is 7.27. The van der Waals surface area contributed by atoms with Gasteiger partial charge in [0.15, 0.2) is 0 Å². The molecule has 0 radical (unpaired) electrons. The Kier molecular flexibility index (Phi) is 5.43. The third-order valence-corrected chi connectivity index (χ3v) is 3.98. The normalized spacial score (nSPS) is 12.5. The van der Waals surface area contributed by atoms with Crippen molar-refractivity contribution in [1.82, 2.24) is 0 Å². The van der Waals surface area contributed by atoms with E-state index in [0.717, 1.165) is 15.8 Å². The number of ether oxygens (including phenoxy) is 1. The van der Waals surface area contributed by atoms with Crippen LogP contribution in [0.2, 0.25) is 0 Å². The van der Waals surface area contributed by atoms with Gasteiger partial charge in [0.05, 0.1) is 0 Å². The summed E-state index contributed by atoms with van der Waals surface area (Å²) in [6.45, 7) is 6.87. The Labute approximate surface area is 135 Å². The number of rotatable bonds is 5. The lowest BCUT2D eigenvalue weighted by Crippen LogP contribution is -2.19. The lowest BCUT2D eigenvalue weighted by Gasteiger charge is -2.22. The summed E-state index contributed by atoms with van der Waals surface area (Å²) in [6.07, 6.45) is -0.122. The Morgan fingerprint density at radius 2 is 1.90 bits per heavy atom. The molecule has 0 heterocycles. The molecule has 2 N–H and O–H groups in total. The first-order chi connectivity index (χ1) is 10.0. The zero-order valence-electron chi connectivity index (χ0n) is 12.8. The number of hydrogen-bond donors (Lipinski definition) is 1. The maximum absolute atomic E-state index is 6.21. The van der Waals surface area contributed by atoms with Gasteiger partial charge in [-0.15, -0.1) is 0 Å². The fraction of sp³-hybridized carbons (Fsp3) is 0.333. The molecular weight excluding hydrogens is 326 g/mol. The van der Waals surface area contributed by atoms with Crippen molar-refractivity contribution >= 4 is 15.9 Å². The van der Waals surface area contributed by atoms with E-state index in [1.165, 1.54) is 11.1 Å². The fourth-order valence-electron chi connectivity index (χ4n) is 2.35. The second-order valence-corrected chi connectivity index (χ2v) is 6.51. The molecule has 2 rings (SSSR count). The largest absolute Gasteiger partial charge is 0.484 e. The summed E-state index contributed by atoms with van der Waals surface area (Å²) in [5, 5.41) is 0. The van der Waals surface area contributed by atoms with Crippen molar-refractivity contribution in [1.29, 1.82) is 0 Å². The highest BCUT2D eigenvalue weighted by atomic mass is 79.9. The number of aryl methyl sites for hydroxylation is 1. The second kappa shape index (κ2) is 7.10. The van der Waals surface area contributed by atoms with Crippen LogP contribution in [0.5, 0.6) is 5.75 Å². The Morgan fingerprint density at radius 1 is 1.14 bits per heavy atom. The molecule has 2 aromatic rings. The Morgan fingerprint density at radius 3 is 2.52 bits per heavy atom. The molecule has 0 spiro atoms. The van der Waals surface area contributed by atoms with E-state index in [2.05, 4.69) is 61.0 Å². The molecule has 21 heavy (non-hydrogen) atoms. The lowest BCUT2D eigenvalue weighted by molar-refractivity contribution is 0.211. The van der Waals surface area contributed by atoms with Gasteiger partial charge in [-0.05, 0) is 42.2 Å². The van der Waals surface area contributed by atoms with Gasteiger partial charge in [-0.1, -0.05) is 59.6 Å². The van der Waals surface area contributed by atoms with Crippen LogP contribution in [0.4, 0.5) is 0 Å². The maximum Gasteiger partial charge on any atom is 0.136 e. The van der Waals surface area contributed by atoms with Crippen molar-refractivity contribution in [2.45, 2.75) is 32.8 Å². The molecule has 1 unspecified atom stereocenters. The Balaban J connectivity index is 2.31. The molecule has 0 aliphatic rings. The molecule has 2 nitrogen and oxygen atoms in total. The summed E-state index contributed by atoms with van der Waals surface area (Å²) in [4.78, 5) is 0. The zero-order valence-corrected chi connectivity index (χ0v) is 14.4. The molecule has 0 amide bonds. The van der Waals surface area contributed by atoms with Crippen LogP contribution in [-0.2, 0) is 0 Å². The second-order valence-electron chi connectivity index (χ2n) is 5.59. The van der Waals surface area contributed by atoms with Crippen molar-refractivity contribution in [3.05, 3.63) is 63.6 Å².